The molecule has 12 aliphatic carbocycles. The molecule has 4 bridgehead atoms. The van der Waals surface area contributed by atoms with E-state index in [0.717, 1.165) is 73.6 Å². The van der Waals surface area contributed by atoms with Gasteiger partial charge in [-0.3, -0.25) is 0 Å². The number of hydrogen-bond acceptors (Lipinski definition) is 9. The number of aldehydes is 1. The minimum atomic E-state index is -1.71. The van der Waals surface area contributed by atoms with Gasteiger partial charge >= 0.3 is 5.97 Å². The van der Waals surface area contributed by atoms with Gasteiger partial charge in [-0.25, -0.2) is 4.79 Å². The Balaban J connectivity index is 0.903. The van der Waals surface area contributed by atoms with Crippen molar-refractivity contribution in [3.8, 4) is 11.8 Å². The van der Waals surface area contributed by atoms with Crippen LogP contribution < -0.4 is 5.32 Å². The van der Waals surface area contributed by atoms with Crippen molar-refractivity contribution in [3.63, 3.8) is 0 Å². The van der Waals surface area contributed by atoms with Crippen molar-refractivity contribution in [2.45, 2.75) is 182 Å². The Kier molecular flexibility index (Phi) is 11.5. The molecular weight excluding hydrogens is 947 g/mol. The normalized spacial score (nSPS) is 50.3. The predicted molar refractivity (Wildman–Crippen MR) is 288 cm³/mol. The number of fused-ring (bicyclic) bond motifs is 9. The highest BCUT2D eigenvalue weighted by Crippen LogP contribution is 2.81. The third-order valence-electron chi connectivity index (χ3n) is 26.3. The maximum Gasteiger partial charge on any atom is 0.331 e. The second-order valence-electron chi connectivity index (χ2n) is 28.1. The lowest BCUT2D eigenvalue weighted by molar-refractivity contribution is -0.366. The van der Waals surface area contributed by atoms with Crippen LogP contribution in [0, 0.1) is 105 Å². The van der Waals surface area contributed by atoms with Crippen molar-refractivity contribution in [1.82, 2.24) is 5.32 Å². The molecule has 0 radical (unpaired) electrons. The van der Waals surface area contributed by atoms with E-state index >= 15 is 9.90 Å². The van der Waals surface area contributed by atoms with Crippen LogP contribution in [0.3, 0.4) is 0 Å². The number of aliphatic hydroxyl groups is 4. The standard InChI is InChI=1S/C67H83NO8/c1-68-56-32-50-41(16-9-18-44(50)36-69)15-7-8-24-62-25-22-57-63(38-70)37-64-47(28-45-27-42(20-21-54(45)64)39-11-3-2-4-12-39)23-26-75-61(64)55-30-43-17-10-19-49(40-13-5-6-14-40)51(43)31-48(67(55,63)74)35-65(57,72)66(62,73)34-46-29-52(56)60-53(59(46)62)33-58(71)76-60/h2-4,9-12,16-18,33,38,40,42-43,45-49,51-52,54-57,59-61,68-69,72-74H,5-6,8,13-14,19-32,34-37H2,1H3. The molecule has 14 aliphatic rings. The molecule has 2 aromatic carbocycles. The van der Waals surface area contributed by atoms with Crippen LogP contribution in [0.2, 0.25) is 0 Å². The Labute approximate surface area is 450 Å². The summed E-state index contributed by atoms with van der Waals surface area (Å²) in [5.41, 5.74) is -2.15. The molecule has 0 aromatic heterocycles. The van der Waals surface area contributed by atoms with E-state index in [1.54, 1.807) is 6.08 Å². The van der Waals surface area contributed by atoms with E-state index in [0.29, 0.717) is 99.4 Å². The molecule has 9 nitrogen and oxygen atoms in total. The highest BCUT2D eigenvalue weighted by Gasteiger charge is 2.86. The minimum Gasteiger partial charge on any atom is -0.454 e. The number of ether oxygens (including phenoxy) is 2. The first-order chi connectivity index (χ1) is 36.9. The predicted octanol–water partition coefficient (Wildman–Crippen LogP) is 9.57. The molecule has 2 spiro atoms. The summed E-state index contributed by atoms with van der Waals surface area (Å²) in [5, 5.41) is 59.2. The first kappa shape index (κ1) is 49.4. The molecule has 9 saturated carbocycles. The summed E-state index contributed by atoms with van der Waals surface area (Å²) in [6.07, 6.45) is 24.8. The van der Waals surface area contributed by atoms with Crippen molar-refractivity contribution >= 4 is 12.3 Å². The molecule has 1 saturated heterocycles. The van der Waals surface area contributed by atoms with Gasteiger partial charge in [-0.1, -0.05) is 92.1 Å². The van der Waals surface area contributed by atoms with Gasteiger partial charge in [-0.05, 0) is 203 Å². The van der Waals surface area contributed by atoms with Crippen LogP contribution in [0.15, 0.2) is 72.3 Å². The lowest BCUT2D eigenvalue weighted by Crippen LogP contribution is -2.83. The second kappa shape index (κ2) is 17.7. The van der Waals surface area contributed by atoms with Gasteiger partial charge in [0.2, 0.25) is 0 Å². The molecule has 404 valence electrons. The van der Waals surface area contributed by atoms with Crippen molar-refractivity contribution in [2.75, 3.05) is 13.7 Å². The molecule has 22 atom stereocenters. The average Bonchev–Trinajstić information content (AvgIpc) is 3.46. The highest BCUT2D eigenvalue weighted by molar-refractivity contribution is 5.86. The van der Waals surface area contributed by atoms with Gasteiger partial charge in [-0.2, -0.15) is 0 Å². The maximum atomic E-state index is 15.7. The van der Waals surface area contributed by atoms with E-state index in [1.807, 2.05) is 25.2 Å². The summed E-state index contributed by atoms with van der Waals surface area (Å²) >= 11 is 0. The zero-order valence-electron chi connectivity index (χ0n) is 44.9. The zero-order valence-corrected chi connectivity index (χ0v) is 44.9. The first-order valence-electron chi connectivity index (χ1n) is 30.7. The van der Waals surface area contributed by atoms with Crippen LogP contribution in [-0.2, 0) is 32.1 Å². The first-order valence-corrected chi connectivity index (χ1v) is 30.7. The van der Waals surface area contributed by atoms with Gasteiger partial charge in [-0.15, -0.1) is 0 Å². The Bertz CT molecular complexity index is 2790. The smallest absolute Gasteiger partial charge is 0.331 e. The van der Waals surface area contributed by atoms with E-state index in [2.05, 4.69) is 59.6 Å². The van der Waals surface area contributed by atoms with Crippen LogP contribution >= 0.6 is 0 Å². The van der Waals surface area contributed by atoms with Gasteiger partial charge in [0.1, 0.15) is 18.0 Å². The Morgan fingerprint density at radius 2 is 1.68 bits per heavy atom. The molecule has 5 N–H and O–H groups in total. The fraction of sp³-hybridized carbons (Fsp3) is 0.701. The number of esters is 1. The number of aliphatic hydroxyl groups excluding tert-OH is 1. The number of benzene rings is 2. The fourth-order valence-electron chi connectivity index (χ4n) is 23.9. The SMILES string of the molecule is CNC1Cc2c(cccc2CO)C#CCCC23CCC4C(O)(CC5CC6C(C=CCC6C6CCCC6)CC6C7OCCC8CC9CC(c%10ccccc%10)CCC9C87CC4(C=O)C56O)C2(O)CC2CC1C1OC(=O)C=C1C23. The van der Waals surface area contributed by atoms with Gasteiger partial charge in [0.25, 0.3) is 0 Å². The molecule has 10 fully saturated rings. The van der Waals surface area contributed by atoms with Crippen LogP contribution in [0.5, 0.6) is 0 Å². The average molecular weight is 1030 g/mol. The monoisotopic (exact) mass is 1030 g/mol. The summed E-state index contributed by atoms with van der Waals surface area (Å²) in [4.78, 5) is 29.5. The molecule has 0 amide bonds. The Morgan fingerprint density at radius 3 is 2.50 bits per heavy atom. The number of rotatable bonds is 5. The van der Waals surface area contributed by atoms with Gasteiger partial charge in [0.05, 0.1) is 29.3 Å². The highest BCUT2D eigenvalue weighted by atomic mass is 16.5. The molecule has 2 aromatic rings. The summed E-state index contributed by atoms with van der Waals surface area (Å²) in [7, 11) is 1.97. The van der Waals surface area contributed by atoms with Gasteiger partial charge in [0, 0.05) is 59.3 Å². The Morgan fingerprint density at radius 1 is 0.829 bits per heavy atom. The largest absolute Gasteiger partial charge is 0.454 e. The third-order valence-corrected chi connectivity index (χ3v) is 26.3. The van der Waals surface area contributed by atoms with E-state index in [4.69, 9.17) is 9.47 Å². The van der Waals surface area contributed by atoms with Crippen LogP contribution in [0.1, 0.15) is 157 Å². The van der Waals surface area contributed by atoms with Crippen molar-refractivity contribution in [3.05, 3.63) is 94.6 Å². The van der Waals surface area contributed by atoms with E-state index in [1.165, 1.54) is 37.5 Å². The Hall–Kier alpha value is -3.62. The summed E-state index contributed by atoms with van der Waals surface area (Å²) in [6, 6.07) is 17.0. The minimum absolute atomic E-state index is 0.0674. The number of nitrogens with one attached hydrogen (secondary N) is 1. The van der Waals surface area contributed by atoms with Gasteiger partial charge in [0.15, 0.2) is 0 Å². The lowest BCUT2D eigenvalue weighted by atomic mass is 9.32. The van der Waals surface area contributed by atoms with E-state index in [-0.39, 0.29) is 66.1 Å². The van der Waals surface area contributed by atoms with E-state index in [9.17, 15) is 20.1 Å². The number of carbonyl (C=O) groups excluding carboxylic acids is 2. The quantitative estimate of drug-likeness (QED) is 0.0856. The number of hydrogen-bond donors (Lipinski definition) is 5. The summed E-state index contributed by atoms with van der Waals surface area (Å²) in [6.45, 7) is 0.590. The van der Waals surface area contributed by atoms with Crippen molar-refractivity contribution in [1.29, 1.82) is 0 Å². The van der Waals surface area contributed by atoms with Gasteiger partial charge < -0.3 is 40.0 Å². The fourth-order valence-corrected chi connectivity index (χ4v) is 23.9. The lowest BCUT2D eigenvalue weighted by Gasteiger charge is -2.75. The molecule has 22 unspecified atom stereocenters. The second-order valence-corrected chi connectivity index (χ2v) is 28.1. The van der Waals surface area contributed by atoms with Crippen LogP contribution in [0.25, 0.3) is 0 Å². The topological polar surface area (TPSA) is 146 Å². The summed E-state index contributed by atoms with van der Waals surface area (Å²) in [5.74, 6) is 8.40. The number of carbonyl (C=O) groups is 2. The van der Waals surface area contributed by atoms with Crippen molar-refractivity contribution < 1.29 is 39.5 Å². The molecule has 76 heavy (non-hydrogen) atoms. The molecule has 2 aliphatic heterocycles. The molecule has 16 rings (SSSR count). The van der Waals surface area contributed by atoms with Crippen LogP contribution in [-0.4, -0.2) is 81.4 Å². The molecule has 9 heteroatoms. The molecule has 2 heterocycles. The molecular formula is C67H83NO8. The van der Waals surface area contributed by atoms with Crippen LogP contribution in [0.4, 0.5) is 0 Å². The number of likely N-dealkylation sites (N-methyl/N-ethyl adjacent to an activating group) is 1. The van der Waals surface area contributed by atoms with Crippen molar-refractivity contribution in [2.24, 2.45) is 93.2 Å². The zero-order chi connectivity index (χ0) is 51.6. The number of allylic oxidation sites excluding steroid dienone is 2. The third kappa shape index (κ3) is 6.38. The maximum absolute atomic E-state index is 15.7. The van der Waals surface area contributed by atoms with E-state index < -0.39 is 45.6 Å². The summed E-state index contributed by atoms with van der Waals surface area (Å²) < 4.78 is 13.9.